The molecule has 3 aliphatic rings. The van der Waals surface area contributed by atoms with Crippen molar-refractivity contribution in [3.8, 4) is 0 Å². The Hall–Kier alpha value is -3.52. The summed E-state index contributed by atoms with van der Waals surface area (Å²) in [5.41, 5.74) is 3.48. The van der Waals surface area contributed by atoms with Gasteiger partial charge in [-0.1, -0.05) is 49.6 Å². The maximum Gasteiger partial charge on any atom is 0.264 e. The van der Waals surface area contributed by atoms with Gasteiger partial charge in [-0.2, -0.15) is 0 Å². The maximum atomic E-state index is 13.2. The molecule has 5 rings (SSSR count). The molecule has 2 N–H and O–H groups in total. The molecule has 2 aromatic rings. The van der Waals surface area contributed by atoms with Crippen molar-refractivity contribution in [3.63, 3.8) is 0 Å². The van der Waals surface area contributed by atoms with Crippen molar-refractivity contribution >= 4 is 29.3 Å². The Bertz CT molecular complexity index is 1170. The van der Waals surface area contributed by atoms with Crippen LogP contribution in [0.1, 0.15) is 76.8 Å². The first-order valence-electron chi connectivity index (χ1n) is 12.9. The highest BCUT2D eigenvalue weighted by molar-refractivity contribution is 6.25. The van der Waals surface area contributed by atoms with Crippen LogP contribution in [-0.2, 0) is 22.7 Å². The van der Waals surface area contributed by atoms with Crippen molar-refractivity contribution in [2.75, 3.05) is 18.4 Å². The summed E-state index contributed by atoms with van der Waals surface area (Å²) in [6.07, 6.45) is 6.78. The third kappa shape index (κ3) is 5.04. The molecule has 1 unspecified atom stereocenters. The molecule has 8 heteroatoms. The van der Waals surface area contributed by atoms with Crippen LogP contribution in [0.25, 0.3) is 0 Å². The lowest BCUT2D eigenvalue weighted by Crippen LogP contribution is -2.54. The van der Waals surface area contributed by atoms with Gasteiger partial charge in [0, 0.05) is 25.2 Å². The van der Waals surface area contributed by atoms with Crippen LogP contribution in [0, 0.1) is 0 Å². The number of amides is 4. The molecule has 3 heterocycles. The molecule has 188 valence electrons. The van der Waals surface area contributed by atoms with Crippen molar-refractivity contribution in [2.45, 2.75) is 64.1 Å². The fraction of sp³-hybridized carbons (Fsp3) is 0.429. The second-order valence-corrected chi connectivity index (χ2v) is 9.89. The van der Waals surface area contributed by atoms with E-state index in [0.29, 0.717) is 12.2 Å². The topological polar surface area (TPSA) is 98.8 Å². The number of likely N-dealkylation sites (tertiary alicyclic amines) is 1. The quantitative estimate of drug-likeness (QED) is 0.605. The molecule has 8 nitrogen and oxygen atoms in total. The van der Waals surface area contributed by atoms with Crippen LogP contribution in [-0.4, -0.2) is 52.6 Å². The fourth-order valence-corrected chi connectivity index (χ4v) is 5.35. The van der Waals surface area contributed by atoms with Crippen LogP contribution in [0.15, 0.2) is 42.5 Å². The predicted molar refractivity (Wildman–Crippen MR) is 135 cm³/mol. The smallest absolute Gasteiger partial charge is 0.264 e. The molecule has 0 saturated carbocycles. The fourth-order valence-electron chi connectivity index (χ4n) is 5.35. The molecule has 4 amide bonds. The molecule has 0 radical (unpaired) electrons. The second-order valence-electron chi connectivity index (χ2n) is 9.89. The molecule has 0 bridgehead atoms. The Labute approximate surface area is 211 Å². The summed E-state index contributed by atoms with van der Waals surface area (Å²) in [4.78, 5) is 53.6. The third-order valence-corrected chi connectivity index (χ3v) is 7.33. The SMILES string of the molecule is O=C1CCC(N2C(=O)c3cccc(NCc4ccc(CN5CCCCCCC5)cc4)c3C2=O)C(=O)N1. The summed E-state index contributed by atoms with van der Waals surface area (Å²) in [6.45, 7) is 3.78. The minimum atomic E-state index is -0.968. The number of nitrogens with zero attached hydrogens (tertiary/aromatic N) is 2. The standard InChI is InChI=1S/C28H32N4O4/c33-24-14-13-23(26(34)30-24)32-27(35)21-7-6-8-22(25(21)28(32)36)29-17-19-9-11-20(12-10-19)18-31-15-4-2-1-3-5-16-31/h6-12,23,29H,1-5,13-18H2,(H,30,33,34). The van der Waals surface area contributed by atoms with Gasteiger partial charge in [0.25, 0.3) is 11.8 Å². The number of fused-ring (bicyclic) bond motifs is 1. The third-order valence-electron chi connectivity index (χ3n) is 7.33. The normalized spacial score (nSPS) is 21.1. The number of hydrogen-bond acceptors (Lipinski definition) is 6. The van der Waals surface area contributed by atoms with Gasteiger partial charge >= 0.3 is 0 Å². The van der Waals surface area contributed by atoms with E-state index >= 15 is 0 Å². The van der Waals surface area contributed by atoms with Gasteiger partial charge < -0.3 is 5.32 Å². The molecule has 2 fully saturated rings. The van der Waals surface area contributed by atoms with E-state index in [1.165, 1.54) is 37.7 Å². The molecule has 3 aliphatic heterocycles. The first-order valence-corrected chi connectivity index (χ1v) is 12.9. The Morgan fingerprint density at radius 3 is 2.25 bits per heavy atom. The second kappa shape index (κ2) is 10.6. The number of carbonyl (C=O) groups is 4. The summed E-state index contributed by atoms with van der Waals surface area (Å²) in [5.74, 6) is -1.99. The monoisotopic (exact) mass is 488 g/mol. The van der Waals surface area contributed by atoms with E-state index in [1.807, 2.05) is 0 Å². The van der Waals surface area contributed by atoms with E-state index in [9.17, 15) is 19.2 Å². The average Bonchev–Trinajstić information content (AvgIpc) is 3.11. The molecule has 1 atom stereocenters. The summed E-state index contributed by atoms with van der Waals surface area (Å²) < 4.78 is 0. The van der Waals surface area contributed by atoms with Gasteiger partial charge in [-0.15, -0.1) is 0 Å². The Balaban J connectivity index is 1.24. The van der Waals surface area contributed by atoms with E-state index in [-0.39, 0.29) is 29.9 Å². The van der Waals surface area contributed by atoms with Crippen LogP contribution in [0.3, 0.4) is 0 Å². The van der Waals surface area contributed by atoms with Crippen molar-refractivity contribution in [3.05, 3.63) is 64.7 Å². The predicted octanol–water partition coefficient (Wildman–Crippen LogP) is 3.47. The Kier molecular flexibility index (Phi) is 7.13. The first kappa shape index (κ1) is 24.2. The highest BCUT2D eigenvalue weighted by atomic mass is 16.2. The van der Waals surface area contributed by atoms with Gasteiger partial charge in [-0.3, -0.25) is 34.3 Å². The van der Waals surface area contributed by atoms with Crippen molar-refractivity contribution in [2.24, 2.45) is 0 Å². The number of piperidine rings is 1. The zero-order valence-corrected chi connectivity index (χ0v) is 20.4. The summed E-state index contributed by atoms with van der Waals surface area (Å²) in [6, 6.07) is 12.6. The van der Waals surface area contributed by atoms with Crippen LogP contribution in [0.4, 0.5) is 5.69 Å². The largest absolute Gasteiger partial charge is 0.380 e. The van der Waals surface area contributed by atoms with Gasteiger partial charge in [0.05, 0.1) is 11.1 Å². The lowest BCUT2D eigenvalue weighted by Gasteiger charge is -2.27. The lowest BCUT2D eigenvalue weighted by molar-refractivity contribution is -0.136. The zero-order valence-electron chi connectivity index (χ0n) is 20.4. The van der Waals surface area contributed by atoms with Gasteiger partial charge in [-0.25, -0.2) is 0 Å². The van der Waals surface area contributed by atoms with Crippen molar-refractivity contribution < 1.29 is 19.2 Å². The van der Waals surface area contributed by atoms with E-state index in [0.717, 1.165) is 30.1 Å². The highest BCUT2D eigenvalue weighted by Gasteiger charge is 2.45. The van der Waals surface area contributed by atoms with Gasteiger partial charge in [0.2, 0.25) is 11.8 Å². The maximum absolute atomic E-state index is 13.2. The number of nitrogens with one attached hydrogen (secondary N) is 2. The van der Waals surface area contributed by atoms with E-state index < -0.39 is 23.8 Å². The van der Waals surface area contributed by atoms with Gasteiger partial charge in [0.1, 0.15) is 6.04 Å². The molecular weight excluding hydrogens is 456 g/mol. The molecule has 2 aromatic carbocycles. The minimum Gasteiger partial charge on any atom is -0.380 e. The van der Waals surface area contributed by atoms with E-state index in [4.69, 9.17) is 0 Å². The van der Waals surface area contributed by atoms with E-state index in [2.05, 4.69) is 39.8 Å². The summed E-state index contributed by atoms with van der Waals surface area (Å²) in [5, 5.41) is 5.53. The molecule has 2 saturated heterocycles. The van der Waals surface area contributed by atoms with Crippen molar-refractivity contribution in [1.29, 1.82) is 0 Å². The van der Waals surface area contributed by atoms with Gasteiger partial charge in [0.15, 0.2) is 0 Å². The number of imide groups is 2. The summed E-state index contributed by atoms with van der Waals surface area (Å²) >= 11 is 0. The Morgan fingerprint density at radius 2 is 1.53 bits per heavy atom. The minimum absolute atomic E-state index is 0.0999. The number of benzene rings is 2. The number of rotatable bonds is 6. The number of hydrogen-bond donors (Lipinski definition) is 2. The number of anilines is 1. The van der Waals surface area contributed by atoms with Crippen LogP contribution >= 0.6 is 0 Å². The lowest BCUT2D eigenvalue weighted by atomic mass is 10.0. The zero-order chi connectivity index (χ0) is 25.1. The Morgan fingerprint density at radius 1 is 0.833 bits per heavy atom. The average molecular weight is 489 g/mol. The summed E-state index contributed by atoms with van der Waals surface area (Å²) in [7, 11) is 0. The van der Waals surface area contributed by atoms with Crippen molar-refractivity contribution in [1.82, 2.24) is 15.1 Å². The molecule has 0 spiro atoms. The molecule has 36 heavy (non-hydrogen) atoms. The highest BCUT2D eigenvalue weighted by Crippen LogP contribution is 2.32. The van der Waals surface area contributed by atoms with Crippen LogP contribution < -0.4 is 10.6 Å². The number of carbonyl (C=O) groups excluding carboxylic acids is 4. The first-order chi connectivity index (χ1) is 17.5. The van der Waals surface area contributed by atoms with Gasteiger partial charge in [-0.05, 0) is 55.6 Å². The van der Waals surface area contributed by atoms with Crippen LogP contribution in [0.2, 0.25) is 0 Å². The van der Waals surface area contributed by atoms with E-state index in [1.54, 1.807) is 18.2 Å². The van der Waals surface area contributed by atoms with Crippen LogP contribution in [0.5, 0.6) is 0 Å². The molecular formula is C28H32N4O4. The molecule has 0 aliphatic carbocycles. The molecule has 0 aromatic heterocycles.